The topological polar surface area (TPSA) is 61.6 Å². The molecule has 4 aromatic rings. The molecule has 6 heteroatoms. The second-order valence-corrected chi connectivity index (χ2v) is 11.0. The minimum Gasteiger partial charge on any atom is -0.489 e. The number of hydrogen-bond donors (Lipinski definition) is 0. The van der Waals surface area contributed by atoms with Crippen LogP contribution < -0.4 is 9.47 Å². The average Bonchev–Trinajstić information content (AvgIpc) is 3.77. The van der Waals surface area contributed by atoms with Gasteiger partial charge in [-0.15, -0.1) is 0 Å². The maximum atomic E-state index is 6.28. The number of rotatable bonds is 12. The van der Waals surface area contributed by atoms with Gasteiger partial charge in [0, 0.05) is 0 Å². The van der Waals surface area contributed by atoms with Crippen LogP contribution in [0.1, 0.15) is 61.0 Å². The fourth-order valence-corrected chi connectivity index (χ4v) is 5.61. The molecule has 0 saturated heterocycles. The van der Waals surface area contributed by atoms with Crippen molar-refractivity contribution in [3.63, 3.8) is 0 Å². The summed E-state index contributed by atoms with van der Waals surface area (Å²) in [5.41, 5.74) is 4.00. The molecular weight excluding hydrogens is 536 g/mol. The molecule has 0 unspecified atom stereocenters. The molecule has 2 heterocycles. The molecule has 0 amide bonds. The third-order valence-corrected chi connectivity index (χ3v) is 8.35. The van der Waals surface area contributed by atoms with E-state index in [9.17, 15) is 0 Å². The highest BCUT2D eigenvalue weighted by molar-refractivity contribution is 6.06. The molecule has 6 nitrogen and oxygen atoms in total. The van der Waals surface area contributed by atoms with Gasteiger partial charge in [0.05, 0.1) is 0 Å². The van der Waals surface area contributed by atoms with Crippen molar-refractivity contribution >= 4 is 11.8 Å². The van der Waals surface area contributed by atoms with Gasteiger partial charge >= 0.3 is 0 Å². The smallest absolute Gasteiger partial charge is 0.199 e. The summed E-state index contributed by atoms with van der Waals surface area (Å²) in [6.45, 7) is 6.39. The van der Waals surface area contributed by atoms with Gasteiger partial charge in [-0.3, -0.25) is 0 Å². The lowest BCUT2D eigenvalue weighted by molar-refractivity contribution is 0.245. The Labute approximate surface area is 254 Å². The van der Waals surface area contributed by atoms with Gasteiger partial charge in [-0.2, -0.15) is 0 Å². The number of ether oxygens (including phenoxy) is 4. The molecule has 2 aliphatic rings. The Kier molecular flexibility index (Phi) is 8.73. The summed E-state index contributed by atoms with van der Waals surface area (Å²) in [4.78, 5) is 10.1. The standard InChI is InChI=1S/C37H38N2O4/c1-3-37(4-2,35-38-33(25-42-35)29-15-19-31(20-16-29)40-23-27-11-7-5-8-12-27)36-39-34(26-43-36)30-17-21-32(22-18-30)41-24-28-13-9-6-10-14-28/h5-22,33-34H,3-4,23-26H2,1-2H3/t33-,34-/m0/s1. The number of hydrogen-bond acceptors (Lipinski definition) is 6. The van der Waals surface area contributed by atoms with E-state index in [0.29, 0.717) is 26.4 Å². The molecule has 220 valence electrons. The Morgan fingerprint density at radius 2 is 0.977 bits per heavy atom. The molecule has 0 radical (unpaired) electrons. The minimum absolute atomic E-state index is 0.0723. The lowest BCUT2D eigenvalue weighted by Crippen LogP contribution is -2.39. The fourth-order valence-electron chi connectivity index (χ4n) is 5.61. The Morgan fingerprint density at radius 3 is 1.35 bits per heavy atom. The third-order valence-electron chi connectivity index (χ3n) is 8.35. The first-order valence-electron chi connectivity index (χ1n) is 15.1. The number of benzene rings is 4. The van der Waals surface area contributed by atoms with Crippen molar-refractivity contribution in [2.75, 3.05) is 13.2 Å². The Morgan fingerprint density at radius 1 is 0.581 bits per heavy atom. The number of nitrogens with zero attached hydrogens (tertiary/aromatic N) is 2. The molecule has 0 spiro atoms. The van der Waals surface area contributed by atoms with Gasteiger partial charge in [0.1, 0.15) is 55.4 Å². The first kappa shape index (κ1) is 28.5. The lowest BCUT2D eigenvalue weighted by atomic mass is 9.81. The maximum Gasteiger partial charge on any atom is 0.199 e. The Balaban J connectivity index is 1.11. The predicted molar refractivity (Wildman–Crippen MR) is 170 cm³/mol. The van der Waals surface area contributed by atoms with E-state index in [2.05, 4.69) is 62.4 Å². The van der Waals surface area contributed by atoms with E-state index in [1.54, 1.807) is 0 Å². The van der Waals surface area contributed by atoms with Crippen LogP contribution in [0.15, 0.2) is 119 Å². The molecule has 2 atom stereocenters. The Bertz CT molecular complexity index is 1410. The van der Waals surface area contributed by atoms with Crippen molar-refractivity contribution in [3.8, 4) is 11.5 Å². The Hall–Kier alpha value is -4.58. The van der Waals surface area contributed by atoms with Crippen LogP contribution in [-0.2, 0) is 22.7 Å². The normalized spacial score (nSPS) is 17.9. The second kappa shape index (κ2) is 13.2. The summed E-state index contributed by atoms with van der Waals surface area (Å²) >= 11 is 0. The highest BCUT2D eigenvalue weighted by atomic mass is 16.5. The van der Waals surface area contributed by atoms with E-state index in [0.717, 1.165) is 58.4 Å². The molecule has 0 aromatic heterocycles. The summed E-state index contributed by atoms with van der Waals surface area (Å²) in [5.74, 6) is 3.11. The summed E-state index contributed by atoms with van der Waals surface area (Å²) in [5, 5.41) is 0. The molecule has 0 aliphatic carbocycles. The summed E-state index contributed by atoms with van der Waals surface area (Å²) < 4.78 is 24.5. The van der Waals surface area contributed by atoms with E-state index in [1.807, 2.05) is 60.7 Å². The van der Waals surface area contributed by atoms with Crippen LogP contribution in [0.25, 0.3) is 0 Å². The van der Waals surface area contributed by atoms with Crippen LogP contribution in [0.2, 0.25) is 0 Å². The van der Waals surface area contributed by atoms with Gasteiger partial charge in [0.2, 0.25) is 0 Å². The van der Waals surface area contributed by atoms with E-state index < -0.39 is 5.41 Å². The molecule has 4 aromatic carbocycles. The largest absolute Gasteiger partial charge is 0.489 e. The molecule has 0 N–H and O–H groups in total. The average molecular weight is 575 g/mol. The van der Waals surface area contributed by atoms with Gasteiger partial charge in [-0.05, 0) is 59.4 Å². The third kappa shape index (κ3) is 6.43. The lowest BCUT2D eigenvalue weighted by Gasteiger charge is -2.29. The monoisotopic (exact) mass is 574 g/mol. The second-order valence-electron chi connectivity index (χ2n) is 11.0. The minimum atomic E-state index is -0.485. The number of aliphatic imine (C=N–C) groups is 2. The summed E-state index contributed by atoms with van der Waals surface area (Å²) in [6.07, 6.45) is 1.58. The quantitative estimate of drug-likeness (QED) is 0.171. The van der Waals surface area contributed by atoms with E-state index in [4.69, 9.17) is 28.9 Å². The van der Waals surface area contributed by atoms with Gasteiger partial charge in [-0.25, -0.2) is 9.98 Å². The van der Waals surface area contributed by atoms with Crippen molar-refractivity contribution in [2.24, 2.45) is 15.4 Å². The zero-order valence-electron chi connectivity index (χ0n) is 24.8. The predicted octanol–water partition coefficient (Wildman–Crippen LogP) is 8.29. The van der Waals surface area contributed by atoms with Crippen LogP contribution >= 0.6 is 0 Å². The van der Waals surface area contributed by atoms with Crippen LogP contribution in [0.4, 0.5) is 0 Å². The van der Waals surface area contributed by atoms with Crippen molar-refractivity contribution in [2.45, 2.75) is 52.0 Å². The van der Waals surface area contributed by atoms with Crippen molar-refractivity contribution < 1.29 is 18.9 Å². The maximum absolute atomic E-state index is 6.28. The molecule has 2 aliphatic heterocycles. The SMILES string of the molecule is CCC(CC)(C1=N[C@H](c2ccc(OCc3ccccc3)cc2)CO1)C1=N[C@H](c2ccc(OCc3ccccc3)cc2)CO1. The highest BCUT2D eigenvalue weighted by Crippen LogP contribution is 2.40. The zero-order valence-corrected chi connectivity index (χ0v) is 24.8. The first-order chi connectivity index (χ1) is 21.2. The van der Waals surface area contributed by atoms with Gasteiger partial charge in [0.15, 0.2) is 11.8 Å². The van der Waals surface area contributed by atoms with Crippen LogP contribution in [0.5, 0.6) is 11.5 Å². The first-order valence-corrected chi connectivity index (χ1v) is 15.1. The summed E-state index contributed by atoms with van der Waals surface area (Å²) in [7, 11) is 0. The van der Waals surface area contributed by atoms with Gasteiger partial charge in [0.25, 0.3) is 0 Å². The fraction of sp³-hybridized carbons (Fsp3) is 0.297. The molecular formula is C37H38N2O4. The van der Waals surface area contributed by atoms with Crippen molar-refractivity contribution in [3.05, 3.63) is 131 Å². The van der Waals surface area contributed by atoms with E-state index in [-0.39, 0.29) is 12.1 Å². The van der Waals surface area contributed by atoms with Crippen molar-refractivity contribution in [1.82, 2.24) is 0 Å². The van der Waals surface area contributed by atoms with E-state index in [1.165, 1.54) is 0 Å². The molecule has 0 saturated carbocycles. The summed E-state index contributed by atoms with van der Waals surface area (Å²) in [6, 6.07) is 36.5. The van der Waals surface area contributed by atoms with E-state index >= 15 is 0 Å². The molecule has 6 rings (SSSR count). The van der Waals surface area contributed by atoms with Gasteiger partial charge < -0.3 is 18.9 Å². The van der Waals surface area contributed by atoms with Crippen LogP contribution in [0.3, 0.4) is 0 Å². The highest BCUT2D eigenvalue weighted by Gasteiger charge is 2.46. The zero-order chi connectivity index (χ0) is 29.5. The van der Waals surface area contributed by atoms with Crippen molar-refractivity contribution in [1.29, 1.82) is 0 Å². The molecule has 43 heavy (non-hydrogen) atoms. The van der Waals surface area contributed by atoms with Crippen LogP contribution in [-0.4, -0.2) is 25.0 Å². The molecule has 0 bridgehead atoms. The van der Waals surface area contributed by atoms with Crippen LogP contribution in [0, 0.1) is 5.41 Å². The molecule has 0 fully saturated rings. The van der Waals surface area contributed by atoms with Gasteiger partial charge in [-0.1, -0.05) is 98.8 Å².